The molecule has 0 radical (unpaired) electrons. The van der Waals surface area contributed by atoms with Crippen molar-refractivity contribution in [3.8, 4) is 22.6 Å². The van der Waals surface area contributed by atoms with E-state index in [9.17, 15) is 5.11 Å². The van der Waals surface area contributed by atoms with Gasteiger partial charge in [-0.05, 0) is 41.7 Å². The van der Waals surface area contributed by atoms with Gasteiger partial charge in [-0.1, -0.05) is 20.8 Å². The van der Waals surface area contributed by atoms with Gasteiger partial charge in [0.1, 0.15) is 17.3 Å². The Kier molecular flexibility index (Phi) is 9.27. The molecule has 0 saturated carbocycles. The molecule has 0 aliphatic carbocycles. The van der Waals surface area contributed by atoms with E-state index in [1.807, 2.05) is 54.7 Å². The van der Waals surface area contributed by atoms with Crippen LogP contribution in [-0.2, 0) is 7.05 Å². The maximum Gasteiger partial charge on any atom is 0.133 e. The number of hydrogen-bond donors (Lipinski definition) is 1. The summed E-state index contributed by atoms with van der Waals surface area (Å²) in [6.07, 6.45) is 12.6. The highest BCUT2D eigenvalue weighted by Crippen LogP contribution is 2.48. The van der Waals surface area contributed by atoms with Gasteiger partial charge < -0.3 is 19.5 Å². The summed E-state index contributed by atoms with van der Waals surface area (Å²) in [6.45, 7) is 7.25. The molecule has 0 aliphatic heterocycles. The summed E-state index contributed by atoms with van der Waals surface area (Å²) in [5.41, 5.74) is 4.27. The molecule has 206 valence electrons. The van der Waals surface area contributed by atoms with Gasteiger partial charge in [0.25, 0.3) is 0 Å². The van der Waals surface area contributed by atoms with Crippen LogP contribution in [0.25, 0.3) is 22.2 Å². The van der Waals surface area contributed by atoms with E-state index in [1.165, 1.54) is 0 Å². The first-order valence-electron chi connectivity index (χ1n) is 12.4. The van der Waals surface area contributed by atoms with Crippen molar-refractivity contribution in [3.05, 3.63) is 55.0 Å². The Hall–Kier alpha value is -3.30. The van der Waals surface area contributed by atoms with Gasteiger partial charge >= 0.3 is 0 Å². The summed E-state index contributed by atoms with van der Waals surface area (Å²) in [6, 6.07) is 11.4. The monoisotopic (exact) mass is 539 g/mol. The molecule has 0 unspecified atom stereocenters. The molecule has 0 bridgehead atoms. The number of rotatable bonds is 7. The molecule has 3 aromatic heterocycles. The number of fused-ring (bicyclic) bond motifs is 1. The molecular weight excluding hydrogens is 498 g/mol. The van der Waals surface area contributed by atoms with Gasteiger partial charge in [-0.25, -0.2) is 15.0 Å². The lowest BCUT2D eigenvalue weighted by Gasteiger charge is -2.40. The number of aliphatic hydroxyl groups is 1. The van der Waals surface area contributed by atoms with Crippen LogP contribution >= 0.6 is 10.0 Å². The van der Waals surface area contributed by atoms with Gasteiger partial charge in [0, 0.05) is 61.0 Å². The first kappa shape index (κ1) is 29.3. The molecule has 9 heteroatoms. The van der Waals surface area contributed by atoms with Crippen molar-refractivity contribution in [2.75, 3.05) is 51.0 Å². The second-order valence-electron chi connectivity index (χ2n) is 10.7. The summed E-state index contributed by atoms with van der Waals surface area (Å²) < 4.78 is 13.1. The molecule has 4 rings (SSSR count). The van der Waals surface area contributed by atoms with Crippen LogP contribution < -0.4 is 14.4 Å². The van der Waals surface area contributed by atoms with Crippen molar-refractivity contribution in [1.29, 1.82) is 0 Å². The zero-order valence-electron chi connectivity index (χ0n) is 24.0. The number of nitrogens with zero attached hydrogens (tertiary/aromatic N) is 5. The number of pyridine rings is 2. The average Bonchev–Trinajstić information content (AvgIpc) is 3.31. The quantitative estimate of drug-likeness (QED) is 0.324. The molecule has 38 heavy (non-hydrogen) atoms. The minimum absolute atomic E-state index is 0.0345. The van der Waals surface area contributed by atoms with Crippen molar-refractivity contribution in [2.45, 2.75) is 25.5 Å². The van der Waals surface area contributed by atoms with Crippen LogP contribution in [0, 0.1) is 0 Å². The van der Waals surface area contributed by atoms with Crippen LogP contribution in [-0.4, -0.2) is 75.7 Å². The lowest BCUT2D eigenvalue weighted by molar-refractivity contribution is 0.305. The van der Waals surface area contributed by atoms with Crippen molar-refractivity contribution < 1.29 is 14.6 Å². The first-order chi connectivity index (χ1) is 17.9. The van der Waals surface area contributed by atoms with E-state index < -0.39 is 0 Å². The fourth-order valence-electron chi connectivity index (χ4n) is 3.30. The lowest BCUT2D eigenvalue weighted by atomic mass is 10.1. The standard InChI is InChI=1S/C22H23N5O3.C7H18S/c1-26-14-16(13-24-26)15-8-21-20(23-12-15)4-5-22(25-21)27(6-7-28)17-9-18(29-2)11-19(10-17)30-3;1-7(2,3)8(4,5)6/h4-5,8-14,28H,6-7H2,1-3H3;1-6H3. The van der Waals surface area contributed by atoms with E-state index in [1.54, 1.807) is 31.2 Å². The van der Waals surface area contributed by atoms with Gasteiger partial charge in [0.15, 0.2) is 0 Å². The average molecular weight is 540 g/mol. The van der Waals surface area contributed by atoms with Gasteiger partial charge in [0.05, 0.1) is 38.1 Å². The fourth-order valence-corrected chi connectivity index (χ4v) is 3.30. The number of benzene rings is 1. The summed E-state index contributed by atoms with van der Waals surface area (Å²) in [5, 5.41) is 13.9. The van der Waals surface area contributed by atoms with E-state index in [0.29, 0.717) is 28.6 Å². The van der Waals surface area contributed by atoms with E-state index in [0.717, 1.165) is 27.8 Å². The summed E-state index contributed by atoms with van der Waals surface area (Å²) in [5.74, 6) is 2.01. The van der Waals surface area contributed by atoms with Crippen molar-refractivity contribution in [1.82, 2.24) is 19.7 Å². The summed E-state index contributed by atoms with van der Waals surface area (Å²) in [4.78, 5) is 11.3. The van der Waals surface area contributed by atoms with Crippen LogP contribution in [0.3, 0.4) is 0 Å². The van der Waals surface area contributed by atoms with E-state index in [-0.39, 0.29) is 16.6 Å². The van der Waals surface area contributed by atoms with Crippen molar-refractivity contribution in [2.24, 2.45) is 7.05 Å². The van der Waals surface area contributed by atoms with Gasteiger partial charge in [-0.3, -0.25) is 9.67 Å². The molecule has 0 spiro atoms. The number of ether oxygens (including phenoxy) is 2. The largest absolute Gasteiger partial charge is 0.497 e. The molecule has 1 N–H and O–H groups in total. The Balaban J connectivity index is 0.000000436. The fraction of sp³-hybridized carbons (Fsp3) is 0.414. The molecule has 1 aromatic carbocycles. The van der Waals surface area contributed by atoms with Gasteiger partial charge in [-0.15, -0.1) is 0 Å². The molecule has 0 atom stereocenters. The predicted molar refractivity (Wildman–Crippen MR) is 160 cm³/mol. The number of hydrogen-bond acceptors (Lipinski definition) is 7. The maximum atomic E-state index is 9.67. The van der Waals surface area contributed by atoms with Crippen LogP contribution in [0.1, 0.15) is 20.8 Å². The highest BCUT2D eigenvalue weighted by Gasteiger charge is 2.22. The second kappa shape index (κ2) is 12.0. The van der Waals surface area contributed by atoms with Gasteiger partial charge in [0.2, 0.25) is 0 Å². The van der Waals surface area contributed by atoms with Crippen LogP contribution in [0.4, 0.5) is 11.5 Å². The zero-order chi connectivity index (χ0) is 28.1. The smallest absolute Gasteiger partial charge is 0.133 e. The number of methoxy groups -OCH3 is 2. The van der Waals surface area contributed by atoms with E-state index in [4.69, 9.17) is 14.5 Å². The van der Waals surface area contributed by atoms with Gasteiger partial charge in [-0.2, -0.15) is 5.10 Å². The normalized spacial score (nSPS) is 12.1. The molecule has 0 fully saturated rings. The first-order valence-corrected chi connectivity index (χ1v) is 15.3. The summed E-state index contributed by atoms with van der Waals surface area (Å²) in [7, 11) is 4.75. The predicted octanol–water partition coefficient (Wildman–Crippen LogP) is 5.66. The van der Waals surface area contributed by atoms with Crippen LogP contribution in [0.5, 0.6) is 11.5 Å². The van der Waals surface area contributed by atoms with Crippen LogP contribution in [0.2, 0.25) is 0 Å². The molecular formula is C29H41N5O3S. The third-order valence-electron chi connectivity index (χ3n) is 6.65. The van der Waals surface area contributed by atoms with Crippen LogP contribution in [0.15, 0.2) is 55.0 Å². The van der Waals surface area contributed by atoms with E-state index in [2.05, 4.69) is 49.6 Å². The SMILES string of the molecule is CC(C)(C)S(C)(C)C.COc1cc(OC)cc(N(CCO)c2ccc3ncc(-c4cnn(C)c4)cc3n2)c1. The van der Waals surface area contributed by atoms with Crippen molar-refractivity contribution >= 4 is 32.6 Å². The van der Waals surface area contributed by atoms with Crippen molar-refractivity contribution in [3.63, 3.8) is 0 Å². The maximum absolute atomic E-state index is 9.67. The third-order valence-corrected chi connectivity index (χ3v) is 10.3. The zero-order valence-corrected chi connectivity index (χ0v) is 24.8. The highest BCUT2D eigenvalue weighted by atomic mass is 32.3. The minimum Gasteiger partial charge on any atom is -0.497 e. The number of aromatic nitrogens is 4. The molecule has 3 heterocycles. The Bertz CT molecular complexity index is 1320. The molecule has 0 amide bonds. The minimum atomic E-state index is -0.340. The highest BCUT2D eigenvalue weighted by molar-refractivity contribution is 8.33. The molecule has 0 aliphatic rings. The Morgan fingerprint density at radius 3 is 2.05 bits per heavy atom. The Morgan fingerprint density at radius 2 is 1.55 bits per heavy atom. The topological polar surface area (TPSA) is 85.5 Å². The molecule has 0 saturated heterocycles. The second-order valence-corrected chi connectivity index (χ2v) is 15.6. The Morgan fingerprint density at radius 1 is 0.921 bits per heavy atom. The summed E-state index contributed by atoms with van der Waals surface area (Å²) >= 11 is 0. The molecule has 4 aromatic rings. The number of aryl methyl sites for hydroxylation is 1. The third kappa shape index (κ3) is 7.17. The molecule has 8 nitrogen and oxygen atoms in total. The number of aliphatic hydroxyl groups excluding tert-OH is 1. The Labute approximate surface area is 227 Å². The van der Waals surface area contributed by atoms with E-state index >= 15 is 0 Å². The lowest BCUT2D eigenvalue weighted by Crippen LogP contribution is -2.22. The number of anilines is 2.